The molecule has 2 fully saturated rings. The van der Waals surface area contributed by atoms with Crippen LogP contribution in [0.25, 0.3) is 0 Å². The van der Waals surface area contributed by atoms with Gasteiger partial charge in [-0.1, -0.05) is 52.4 Å². The SMILES string of the molecule is CC(OC(C)C1(C)CCCCC1)C1(C)CCCCC1. The lowest BCUT2D eigenvalue weighted by molar-refractivity contribution is -0.123. The summed E-state index contributed by atoms with van der Waals surface area (Å²) in [6.45, 7) is 9.56. The van der Waals surface area contributed by atoms with Crippen LogP contribution < -0.4 is 0 Å². The lowest BCUT2D eigenvalue weighted by Gasteiger charge is -2.45. The van der Waals surface area contributed by atoms with E-state index in [1.54, 1.807) is 0 Å². The Morgan fingerprint density at radius 1 is 0.632 bits per heavy atom. The van der Waals surface area contributed by atoms with Gasteiger partial charge in [-0.15, -0.1) is 0 Å². The monoisotopic (exact) mass is 266 g/mol. The van der Waals surface area contributed by atoms with Crippen molar-refractivity contribution in [3.05, 3.63) is 0 Å². The van der Waals surface area contributed by atoms with Crippen LogP contribution in [0.5, 0.6) is 0 Å². The van der Waals surface area contributed by atoms with E-state index in [4.69, 9.17) is 4.74 Å². The van der Waals surface area contributed by atoms with Crippen LogP contribution in [0.3, 0.4) is 0 Å². The van der Waals surface area contributed by atoms with Gasteiger partial charge >= 0.3 is 0 Å². The van der Waals surface area contributed by atoms with Gasteiger partial charge in [0.1, 0.15) is 0 Å². The van der Waals surface area contributed by atoms with Gasteiger partial charge in [0.05, 0.1) is 12.2 Å². The summed E-state index contributed by atoms with van der Waals surface area (Å²) < 4.78 is 6.54. The van der Waals surface area contributed by atoms with Gasteiger partial charge in [-0.2, -0.15) is 0 Å². The van der Waals surface area contributed by atoms with Crippen LogP contribution >= 0.6 is 0 Å². The van der Waals surface area contributed by atoms with Crippen molar-refractivity contribution < 1.29 is 4.74 Å². The maximum Gasteiger partial charge on any atom is 0.0604 e. The summed E-state index contributed by atoms with van der Waals surface area (Å²) in [5, 5.41) is 0. The Morgan fingerprint density at radius 2 is 0.947 bits per heavy atom. The van der Waals surface area contributed by atoms with E-state index in [1.165, 1.54) is 64.2 Å². The number of ether oxygens (including phenoxy) is 1. The predicted octanol–water partition coefficient (Wildman–Crippen LogP) is 5.72. The molecule has 2 rings (SSSR count). The van der Waals surface area contributed by atoms with Gasteiger partial charge in [-0.3, -0.25) is 0 Å². The Labute approximate surface area is 120 Å². The topological polar surface area (TPSA) is 9.23 Å². The maximum absolute atomic E-state index is 6.54. The van der Waals surface area contributed by atoms with Gasteiger partial charge in [-0.05, 0) is 50.4 Å². The van der Waals surface area contributed by atoms with Crippen molar-refractivity contribution in [2.24, 2.45) is 10.8 Å². The molecule has 0 bridgehead atoms. The Morgan fingerprint density at radius 3 is 1.26 bits per heavy atom. The normalized spacial score (nSPS) is 29.7. The Kier molecular flexibility index (Phi) is 4.98. The van der Waals surface area contributed by atoms with E-state index in [1.807, 2.05) is 0 Å². The van der Waals surface area contributed by atoms with E-state index >= 15 is 0 Å². The molecule has 1 heteroatoms. The molecule has 0 heterocycles. The molecule has 0 amide bonds. The second-order valence-corrected chi connectivity index (χ2v) is 7.85. The molecule has 1 nitrogen and oxygen atoms in total. The Balaban J connectivity index is 1.91. The van der Waals surface area contributed by atoms with Gasteiger partial charge in [0.25, 0.3) is 0 Å². The molecule has 2 aliphatic rings. The summed E-state index contributed by atoms with van der Waals surface area (Å²) in [6, 6.07) is 0. The van der Waals surface area contributed by atoms with Crippen LogP contribution in [0, 0.1) is 10.8 Å². The minimum Gasteiger partial charge on any atom is -0.374 e. The zero-order valence-corrected chi connectivity index (χ0v) is 13.6. The van der Waals surface area contributed by atoms with Crippen LogP contribution in [0.1, 0.15) is 91.9 Å². The summed E-state index contributed by atoms with van der Waals surface area (Å²) >= 11 is 0. The summed E-state index contributed by atoms with van der Waals surface area (Å²) in [6.07, 6.45) is 14.7. The summed E-state index contributed by atoms with van der Waals surface area (Å²) in [5.41, 5.74) is 0.856. The Hall–Kier alpha value is -0.0400. The summed E-state index contributed by atoms with van der Waals surface area (Å²) in [5.74, 6) is 0. The number of hydrogen-bond acceptors (Lipinski definition) is 1. The fourth-order valence-electron chi connectivity index (χ4n) is 4.17. The van der Waals surface area contributed by atoms with Crippen LogP contribution in [-0.4, -0.2) is 12.2 Å². The molecule has 0 aliphatic heterocycles. The van der Waals surface area contributed by atoms with Crippen molar-refractivity contribution >= 4 is 0 Å². The fourth-order valence-corrected chi connectivity index (χ4v) is 4.17. The highest BCUT2D eigenvalue weighted by Crippen LogP contribution is 2.44. The van der Waals surface area contributed by atoms with E-state index in [2.05, 4.69) is 27.7 Å². The van der Waals surface area contributed by atoms with Crippen LogP contribution in [0.2, 0.25) is 0 Å². The van der Waals surface area contributed by atoms with E-state index in [9.17, 15) is 0 Å². The molecule has 0 aromatic carbocycles. The highest BCUT2D eigenvalue weighted by molar-refractivity contribution is 4.88. The molecule has 112 valence electrons. The molecule has 2 aliphatic carbocycles. The fraction of sp³-hybridized carbons (Fsp3) is 1.00. The molecule has 0 aromatic heterocycles. The van der Waals surface area contributed by atoms with Crippen molar-refractivity contribution in [3.8, 4) is 0 Å². The molecule has 0 N–H and O–H groups in total. The first-order valence-corrected chi connectivity index (χ1v) is 8.62. The van der Waals surface area contributed by atoms with Gasteiger partial charge in [-0.25, -0.2) is 0 Å². The average molecular weight is 266 g/mol. The van der Waals surface area contributed by atoms with Crippen LogP contribution in [-0.2, 0) is 4.74 Å². The maximum atomic E-state index is 6.54. The van der Waals surface area contributed by atoms with E-state index in [-0.39, 0.29) is 0 Å². The molecule has 2 atom stereocenters. The number of rotatable bonds is 4. The van der Waals surface area contributed by atoms with Gasteiger partial charge in [0, 0.05) is 0 Å². The molecule has 2 saturated carbocycles. The molecular weight excluding hydrogens is 232 g/mol. The largest absolute Gasteiger partial charge is 0.374 e. The van der Waals surface area contributed by atoms with Crippen molar-refractivity contribution in [3.63, 3.8) is 0 Å². The molecule has 0 radical (unpaired) electrons. The smallest absolute Gasteiger partial charge is 0.0604 e. The molecule has 0 saturated heterocycles. The Bertz CT molecular complexity index is 243. The zero-order chi connectivity index (χ0) is 13.9. The molecule has 19 heavy (non-hydrogen) atoms. The first kappa shape index (κ1) is 15.4. The highest BCUT2D eigenvalue weighted by atomic mass is 16.5. The zero-order valence-electron chi connectivity index (χ0n) is 13.6. The van der Waals surface area contributed by atoms with Crippen molar-refractivity contribution in [2.75, 3.05) is 0 Å². The molecule has 0 aromatic rings. The second kappa shape index (κ2) is 6.16. The second-order valence-electron chi connectivity index (χ2n) is 7.85. The van der Waals surface area contributed by atoms with Crippen molar-refractivity contribution in [1.29, 1.82) is 0 Å². The first-order chi connectivity index (χ1) is 8.96. The summed E-state index contributed by atoms with van der Waals surface area (Å²) in [4.78, 5) is 0. The minimum absolute atomic E-state index is 0.418. The first-order valence-electron chi connectivity index (χ1n) is 8.62. The molecule has 0 spiro atoms. The molecule has 2 unspecified atom stereocenters. The third-order valence-corrected chi connectivity index (χ3v) is 6.36. The third kappa shape index (κ3) is 3.54. The lowest BCUT2D eigenvalue weighted by Crippen LogP contribution is -2.42. The van der Waals surface area contributed by atoms with E-state index in [0.29, 0.717) is 23.0 Å². The standard InChI is InChI=1S/C18H34O/c1-15(17(3)11-7-5-8-12-17)19-16(2)18(4)13-9-6-10-14-18/h15-16H,5-14H2,1-4H3. The van der Waals surface area contributed by atoms with Gasteiger partial charge < -0.3 is 4.74 Å². The van der Waals surface area contributed by atoms with Crippen molar-refractivity contribution in [1.82, 2.24) is 0 Å². The van der Waals surface area contributed by atoms with Gasteiger partial charge in [0.2, 0.25) is 0 Å². The number of hydrogen-bond donors (Lipinski definition) is 0. The quantitative estimate of drug-likeness (QED) is 0.632. The average Bonchev–Trinajstić information content (AvgIpc) is 2.40. The van der Waals surface area contributed by atoms with Crippen molar-refractivity contribution in [2.45, 2.75) is 104 Å². The van der Waals surface area contributed by atoms with Gasteiger partial charge in [0.15, 0.2) is 0 Å². The molecular formula is C18H34O. The lowest BCUT2D eigenvalue weighted by atomic mass is 9.70. The van der Waals surface area contributed by atoms with Crippen LogP contribution in [0.15, 0.2) is 0 Å². The predicted molar refractivity (Wildman–Crippen MR) is 82.4 cm³/mol. The minimum atomic E-state index is 0.418. The van der Waals surface area contributed by atoms with E-state index < -0.39 is 0 Å². The van der Waals surface area contributed by atoms with E-state index in [0.717, 1.165) is 0 Å². The van der Waals surface area contributed by atoms with Crippen LogP contribution in [0.4, 0.5) is 0 Å². The summed E-state index contributed by atoms with van der Waals surface area (Å²) in [7, 11) is 0. The highest BCUT2D eigenvalue weighted by Gasteiger charge is 2.39. The third-order valence-electron chi connectivity index (χ3n) is 6.36.